The number of hydrazine groups is 1. The molecule has 0 atom stereocenters. The highest BCUT2D eigenvalue weighted by molar-refractivity contribution is 5.76. The van der Waals surface area contributed by atoms with Gasteiger partial charge in [-0.15, -0.1) is 0 Å². The molecule has 1 rings (SSSR count). The molecule has 1 saturated heterocycles. The number of amides is 2. The number of rotatable bonds is 3. The summed E-state index contributed by atoms with van der Waals surface area (Å²) in [5, 5.41) is 10.2. The number of hydrogen-bond donors (Lipinski definition) is 3. The minimum absolute atomic E-state index is 0.0939. The van der Waals surface area contributed by atoms with Gasteiger partial charge in [-0.25, -0.2) is 15.6 Å². The van der Waals surface area contributed by atoms with Crippen molar-refractivity contribution < 1.29 is 9.90 Å². The summed E-state index contributed by atoms with van der Waals surface area (Å²) in [5.74, 6) is 6.56. The summed E-state index contributed by atoms with van der Waals surface area (Å²) in [4.78, 5) is 14.0. The maximum absolute atomic E-state index is 12.3. The third-order valence-corrected chi connectivity index (χ3v) is 3.33. The molecule has 1 heterocycles. The molecule has 0 aromatic heterocycles. The van der Waals surface area contributed by atoms with Crippen LogP contribution in [0.15, 0.2) is 35.9 Å². The van der Waals surface area contributed by atoms with Crippen molar-refractivity contribution in [2.75, 3.05) is 13.1 Å². The average molecular weight is 310 g/mol. The lowest BCUT2D eigenvalue weighted by Gasteiger charge is -2.33. The quantitative estimate of drug-likeness (QED) is 0.245. The zero-order valence-corrected chi connectivity index (χ0v) is 14.2. The van der Waals surface area contributed by atoms with Crippen molar-refractivity contribution in [2.45, 2.75) is 40.5 Å². The second kappa shape index (κ2) is 9.89. The van der Waals surface area contributed by atoms with E-state index in [1.54, 1.807) is 4.90 Å². The molecule has 0 saturated carbocycles. The Labute approximate surface area is 133 Å². The molecular weight excluding hydrogens is 280 g/mol. The minimum Gasteiger partial charge on any atom is -0.513 e. The van der Waals surface area contributed by atoms with E-state index in [4.69, 9.17) is 11.6 Å². The Morgan fingerprint density at radius 3 is 2.23 bits per heavy atom. The molecule has 1 aliphatic heterocycles. The van der Waals surface area contributed by atoms with E-state index in [9.17, 15) is 9.90 Å². The van der Waals surface area contributed by atoms with Gasteiger partial charge in [-0.05, 0) is 37.8 Å². The Hall–Kier alpha value is -1.95. The van der Waals surface area contributed by atoms with Gasteiger partial charge < -0.3 is 15.7 Å². The number of likely N-dealkylation sites (tertiary alicyclic amines) is 1. The summed E-state index contributed by atoms with van der Waals surface area (Å²) in [6, 6.07) is -0.307. The third-order valence-electron chi connectivity index (χ3n) is 3.33. The van der Waals surface area contributed by atoms with Crippen molar-refractivity contribution in [3.05, 3.63) is 35.9 Å². The van der Waals surface area contributed by atoms with Gasteiger partial charge in [0.25, 0.3) is 0 Å². The molecule has 1 aliphatic rings. The number of aliphatic hydroxyl groups is 1. The molecule has 0 radical (unpaired) electrons. The first-order chi connectivity index (χ1) is 10.3. The number of aliphatic hydroxyl groups excluding tert-OH is 1. The highest BCUT2D eigenvalue weighted by Crippen LogP contribution is 2.18. The van der Waals surface area contributed by atoms with Crippen LogP contribution in [0.1, 0.15) is 40.5 Å². The van der Waals surface area contributed by atoms with E-state index in [1.165, 1.54) is 19.1 Å². The van der Waals surface area contributed by atoms with Crippen LogP contribution < -0.4 is 11.6 Å². The van der Waals surface area contributed by atoms with Crippen LogP contribution in [-0.2, 0) is 0 Å². The first-order valence-electron chi connectivity index (χ1n) is 7.69. The normalized spacial score (nSPS) is 16.7. The lowest BCUT2D eigenvalue weighted by atomic mass is 10.00. The van der Waals surface area contributed by atoms with Gasteiger partial charge in [0.1, 0.15) is 0 Å². The van der Waals surface area contributed by atoms with E-state index in [1.807, 2.05) is 13.8 Å². The zero-order valence-electron chi connectivity index (χ0n) is 14.2. The van der Waals surface area contributed by atoms with Crippen LogP contribution >= 0.6 is 0 Å². The first kappa shape index (κ1) is 20.1. The standard InChI is InChI=1S/C14H24N4O2.C2H6/c1-10-6-8-17(9-7-10)14(20)18(16)13(12(3)15)5-4-11(2)19;1-2/h4-5,10,19H,3,6-9,15-16H2,1-2H3;1-2H3/b11-4+,13-5+;. The van der Waals surface area contributed by atoms with Crippen molar-refractivity contribution >= 4 is 6.03 Å². The van der Waals surface area contributed by atoms with Crippen LogP contribution in [0.3, 0.4) is 0 Å². The molecule has 0 aromatic rings. The number of carbonyl (C=O) groups excluding carboxylic acids is 1. The van der Waals surface area contributed by atoms with Gasteiger partial charge in [-0.3, -0.25) is 0 Å². The maximum atomic E-state index is 12.3. The van der Waals surface area contributed by atoms with Crippen molar-refractivity contribution in [1.29, 1.82) is 0 Å². The number of piperidine rings is 1. The predicted molar refractivity (Wildman–Crippen MR) is 90.5 cm³/mol. The number of carbonyl (C=O) groups is 1. The number of hydrogen-bond acceptors (Lipinski definition) is 4. The van der Waals surface area contributed by atoms with Gasteiger partial charge in [-0.2, -0.15) is 0 Å². The van der Waals surface area contributed by atoms with Gasteiger partial charge in [0.2, 0.25) is 0 Å². The third kappa shape index (κ3) is 6.22. The Balaban J connectivity index is 0.00000211. The number of allylic oxidation sites excluding steroid dienone is 3. The lowest BCUT2D eigenvalue weighted by molar-refractivity contribution is 0.146. The van der Waals surface area contributed by atoms with E-state index in [0.29, 0.717) is 19.0 Å². The summed E-state index contributed by atoms with van der Waals surface area (Å²) in [5.41, 5.74) is 6.10. The van der Waals surface area contributed by atoms with Crippen LogP contribution in [0.25, 0.3) is 0 Å². The molecular formula is C16H30N4O2. The zero-order chi connectivity index (χ0) is 17.3. The summed E-state index contributed by atoms with van der Waals surface area (Å²) in [6.45, 7) is 12.7. The fraction of sp³-hybridized carbons (Fsp3) is 0.562. The molecule has 6 heteroatoms. The van der Waals surface area contributed by atoms with Crippen molar-refractivity contribution in [1.82, 2.24) is 9.91 Å². The Bertz CT molecular complexity index is 431. The summed E-state index contributed by atoms with van der Waals surface area (Å²) in [6.07, 6.45) is 4.83. The fourth-order valence-electron chi connectivity index (χ4n) is 2.00. The molecule has 5 N–H and O–H groups in total. The second-order valence-corrected chi connectivity index (χ2v) is 5.21. The molecule has 0 aliphatic carbocycles. The van der Waals surface area contributed by atoms with Gasteiger partial charge in [0.05, 0.1) is 11.5 Å². The lowest BCUT2D eigenvalue weighted by Crippen LogP contribution is -2.49. The summed E-state index contributed by atoms with van der Waals surface area (Å²) < 4.78 is 0. The molecule has 126 valence electrons. The van der Waals surface area contributed by atoms with E-state index in [-0.39, 0.29) is 23.2 Å². The van der Waals surface area contributed by atoms with Crippen LogP contribution in [-0.4, -0.2) is 34.1 Å². The largest absolute Gasteiger partial charge is 0.513 e. The molecule has 0 unspecified atom stereocenters. The van der Waals surface area contributed by atoms with Gasteiger partial charge in [0, 0.05) is 18.8 Å². The van der Waals surface area contributed by atoms with E-state index >= 15 is 0 Å². The summed E-state index contributed by atoms with van der Waals surface area (Å²) in [7, 11) is 0. The number of nitrogens with zero attached hydrogens (tertiary/aromatic N) is 2. The van der Waals surface area contributed by atoms with Gasteiger partial charge >= 0.3 is 6.03 Å². The molecule has 0 bridgehead atoms. The molecule has 0 spiro atoms. The number of nitrogens with two attached hydrogens (primary N) is 2. The highest BCUT2D eigenvalue weighted by atomic mass is 16.3. The fourth-order valence-corrected chi connectivity index (χ4v) is 2.00. The second-order valence-electron chi connectivity index (χ2n) is 5.21. The molecule has 2 amide bonds. The topological polar surface area (TPSA) is 95.8 Å². The Kier molecular flexibility index (Phi) is 9.01. The molecule has 0 aromatic carbocycles. The SMILES string of the molecule is C=C(N)/C(=C\C=C(/C)O)N(N)C(=O)N1CCC(C)CC1.CC. The van der Waals surface area contributed by atoms with Crippen molar-refractivity contribution in [3.63, 3.8) is 0 Å². The van der Waals surface area contributed by atoms with Gasteiger partial charge in [0.15, 0.2) is 0 Å². The van der Waals surface area contributed by atoms with Gasteiger partial charge in [-0.1, -0.05) is 27.4 Å². The van der Waals surface area contributed by atoms with Crippen LogP contribution in [0.5, 0.6) is 0 Å². The van der Waals surface area contributed by atoms with Crippen LogP contribution in [0.2, 0.25) is 0 Å². The number of urea groups is 1. The predicted octanol–water partition coefficient (Wildman–Crippen LogP) is 2.86. The maximum Gasteiger partial charge on any atom is 0.338 e. The highest BCUT2D eigenvalue weighted by Gasteiger charge is 2.25. The average Bonchev–Trinajstić information content (AvgIpc) is 2.48. The molecule has 6 nitrogen and oxygen atoms in total. The van der Waals surface area contributed by atoms with Crippen molar-refractivity contribution in [3.8, 4) is 0 Å². The van der Waals surface area contributed by atoms with E-state index < -0.39 is 0 Å². The monoisotopic (exact) mass is 310 g/mol. The van der Waals surface area contributed by atoms with Crippen molar-refractivity contribution in [2.24, 2.45) is 17.5 Å². The summed E-state index contributed by atoms with van der Waals surface area (Å²) >= 11 is 0. The Morgan fingerprint density at radius 1 is 1.32 bits per heavy atom. The van der Waals surface area contributed by atoms with E-state index in [0.717, 1.165) is 17.9 Å². The van der Waals surface area contributed by atoms with E-state index in [2.05, 4.69) is 13.5 Å². The first-order valence-corrected chi connectivity index (χ1v) is 7.69. The smallest absolute Gasteiger partial charge is 0.338 e. The van der Waals surface area contributed by atoms with Crippen LogP contribution in [0, 0.1) is 5.92 Å². The van der Waals surface area contributed by atoms with Crippen LogP contribution in [0.4, 0.5) is 4.79 Å². The molecule has 22 heavy (non-hydrogen) atoms. The Morgan fingerprint density at radius 2 is 1.82 bits per heavy atom. The minimum atomic E-state index is -0.307. The molecule has 1 fully saturated rings.